The second kappa shape index (κ2) is 7.86. The molecule has 34 heavy (non-hydrogen) atoms. The summed E-state index contributed by atoms with van der Waals surface area (Å²) in [6.45, 7) is 5.79. The lowest BCUT2D eigenvalue weighted by Crippen LogP contribution is -2.56. The lowest BCUT2D eigenvalue weighted by Gasteiger charge is -2.35. The van der Waals surface area contributed by atoms with Gasteiger partial charge >= 0.3 is 12.1 Å². The van der Waals surface area contributed by atoms with Gasteiger partial charge in [0.25, 0.3) is 10.0 Å². The van der Waals surface area contributed by atoms with Crippen LogP contribution in [0.5, 0.6) is 0 Å². The molecule has 0 spiro atoms. The van der Waals surface area contributed by atoms with E-state index in [9.17, 15) is 26.4 Å². The maximum atomic E-state index is 14.8. The minimum absolute atomic E-state index is 0.0278. The molecule has 2 aliphatic heterocycles. The van der Waals surface area contributed by atoms with Crippen molar-refractivity contribution >= 4 is 33.3 Å². The molecule has 2 heterocycles. The topological polar surface area (TPSA) is 72.9 Å². The molecule has 6 nitrogen and oxygen atoms in total. The van der Waals surface area contributed by atoms with Crippen molar-refractivity contribution < 1.29 is 35.9 Å². The van der Waals surface area contributed by atoms with Crippen LogP contribution in [0.1, 0.15) is 31.9 Å². The zero-order valence-electron chi connectivity index (χ0n) is 18.8. The second-order valence-corrected chi connectivity index (χ2v) is 11.7. The molecule has 0 aliphatic carbocycles. The van der Waals surface area contributed by atoms with E-state index in [-0.39, 0.29) is 15.6 Å². The SMILES string of the molecule is Cc1ccc(S(=O)(=O)N2c3ccc(Cl)cc3C3(C(F)(F)F)OCC(C(=O)OC(C)(C)C)C23)cc1. The van der Waals surface area contributed by atoms with E-state index < -0.39 is 57.5 Å². The van der Waals surface area contributed by atoms with Crippen molar-refractivity contribution in [2.75, 3.05) is 10.9 Å². The number of halogens is 4. The Morgan fingerprint density at radius 1 is 1.15 bits per heavy atom. The highest BCUT2D eigenvalue weighted by atomic mass is 35.5. The van der Waals surface area contributed by atoms with E-state index in [4.69, 9.17) is 21.1 Å². The molecule has 0 N–H and O–H groups in total. The number of nitrogens with zero attached hydrogens (tertiary/aromatic N) is 1. The third-order valence-corrected chi connectivity index (χ3v) is 7.89. The fourth-order valence-electron chi connectivity index (χ4n) is 4.47. The molecule has 0 bridgehead atoms. The Balaban J connectivity index is 1.98. The molecule has 3 unspecified atom stereocenters. The summed E-state index contributed by atoms with van der Waals surface area (Å²) < 4.78 is 83.2. The van der Waals surface area contributed by atoms with Crippen LogP contribution in [0.25, 0.3) is 0 Å². The fourth-order valence-corrected chi connectivity index (χ4v) is 6.37. The smallest absolute Gasteiger partial charge is 0.423 e. The number of hydrogen-bond donors (Lipinski definition) is 0. The van der Waals surface area contributed by atoms with E-state index in [0.717, 1.165) is 11.6 Å². The molecular formula is C23H23ClF3NO5S. The average molecular weight is 518 g/mol. The number of carbonyl (C=O) groups is 1. The van der Waals surface area contributed by atoms with E-state index in [1.165, 1.54) is 24.3 Å². The van der Waals surface area contributed by atoms with Gasteiger partial charge < -0.3 is 9.47 Å². The predicted molar refractivity (Wildman–Crippen MR) is 119 cm³/mol. The molecule has 4 rings (SSSR count). The Kier molecular flexibility index (Phi) is 5.74. The van der Waals surface area contributed by atoms with Crippen molar-refractivity contribution in [3.8, 4) is 0 Å². The van der Waals surface area contributed by atoms with Gasteiger partial charge in [-0.25, -0.2) is 8.42 Å². The molecule has 0 amide bonds. The number of esters is 1. The lowest BCUT2D eigenvalue weighted by molar-refractivity contribution is -0.269. The molecule has 3 atom stereocenters. The number of fused-ring (bicyclic) bond motifs is 3. The Hall–Kier alpha value is -2.30. The first kappa shape index (κ1) is 24.8. The standard InChI is InChI=1S/C23H23ClF3NO5S/c1-13-5-8-15(9-6-13)34(30,31)28-18-10-7-14(24)11-17(18)22(23(25,26)27)19(28)16(12-32-22)20(29)33-21(2,3)4/h5-11,16,19H,12H2,1-4H3. The number of alkyl halides is 3. The maximum absolute atomic E-state index is 14.8. The van der Waals surface area contributed by atoms with Crippen LogP contribution in [-0.4, -0.2) is 38.8 Å². The summed E-state index contributed by atoms with van der Waals surface area (Å²) in [7, 11) is -4.54. The third kappa shape index (κ3) is 3.76. The first-order valence-electron chi connectivity index (χ1n) is 10.4. The van der Waals surface area contributed by atoms with Gasteiger partial charge in [0.15, 0.2) is 0 Å². The van der Waals surface area contributed by atoms with E-state index in [0.29, 0.717) is 4.31 Å². The minimum atomic E-state index is -5.06. The van der Waals surface area contributed by atoms with Crippen LogP contribution in [-0.2, 0) is 29.9 Å². The quantitative estimate of drug-likeness (QED) is 0.537. The Morgan fingerprint density at radius 2 is 1.76 bits per heavy atom. The van der Waals surface area contributed by atoms with Crippen LogP contribution in [0.15, 0.2) is 47.4 Å². The summed E-state index contributed by atoms with van der Waals surface area (Å²) >= 11 is 6.03. The minimum Gasteiger partial charge on any atom is -0.460 e. The molecule has 11 heteroatoms. The monoisotopic (exact) mass is 517 g/mol. The number of anilines is 1. The molecule has 0 saturated carbocycles. The van der Waals surface area contributed by atoms with Gasteiger partial charge in [0.2, 0.25) is 5.60 Å². The largest absolute Gasteiger partial charge is 0.460 e. The molecular weight excluding hydrogens is 495 g/mol. The summed E-state index contributed by atoms with van der Waals surface area (Å²) in [4.78, 5) is 12.8. The van der Waals surface area contributed by atoms with Crippen LogP contribution in [0.3, 0.4) is 0 Å². The normalized spacial score (nSPS) is 24.6. The zero-order valence-corrected chi connectivity index (χ0v) is 20.4. The molecule has 0 aromatic heterocycles. The van der Waals surface area contributed by atoms with Gasteiger partial charge in [-0.3, -0.25) is 9.10 Å². The van der Waals surface area contributed by atoms with Gasteiger partial charge in [0.05, 0.1) is 17.2 Å². The highest BCUT2D eigenvalue weighted by molar-refractivity contribution is 7.93. The molecule has 2 aromatic rings. The summed E-state index contributed by atoms with van der Waals surface area (Å²) in [6.07, 6.45) is -5.06. The number of carbonyl (C=O) groups excluding carboxylic acids is 1. The number of sulfonamides is 1. The van der Waals surface area contributed by atoms with Crippen LogP contribution >= 0.6 is 11.6 Å². The molecule has 2 aliphatic rings. The van der Waals surface area contributed by atoms with Crippen LogP contribution < -0.4 is 4.31 Å². The molecule has 1 fully saturated rings. The van der Waals surface area contributed by atoms with E-state index >= 15 is 0 Å². The number of benzene rings is 2. The number of aryl methyl sites for hydroxylation is 1. The maximum Gasteiger partial charge on any atom is 0.423 e. The van der Waals surface area contributed by atoms with Crippen molar-refractivity contribution in [3.05, 3.63) is 58.6 Å². The summed E-state index contributed by atoms with van der Waals surface area (Å²) in [5, 5.41) is -0.0278. The predicted octanol–water partition coefficient (Wildman–Crippen LogP) is 4.97. The molecule has 2 aromatic carbocycles. The highest BCUT2D eigenvalue weighted by Crippen LogP contribution is 2.61. The molecule has 1 saturated heterocycles. The van der Waals surface area contributed by atoms with E-state index in [1.807, 2.05) is 0 Å². The summed E-state index contributed by atoms with van der Waals surface area (Å²) in [5.74, 6) is -2.51. The summed E-state index contributed by atoms with van der Waals surface area (Å²) in [5.41, 5.74) is -4.03. The van der Waals surface area contributed by atoms with Crippen molar-refractivity contribution in [1.82, 2.24) is 0 Å². The molecule has 0 radical (unpaired) electrons. The lowest BCUT2D eigenvalue weighted by atomic mass is 9.85. The molecule has 184 valence electrons. The van der Waals surface area contributed by atoms with E-state index in [1.54, 1.807) is 39.8 Å². The van der Waals surface area contributed by atoms with Crippen molar-refractivity contribution in [3.63, 3.8) is 0 Å². The second-order valence-electron chi connectivity index (χ2n) is 9.40. The Morgan fingerprint density at radius 3 is 2.32 bits per heavy atom. The van der Waals surface area contributed by atoms with Gasteiger partial charge in [-0.1, -0.05) is 29.3 Å². The average Bonchev–Trinajstić information content (AvgIpc) is 3.21. The number of ether oxygens (including phenoxy) is 2. The van der Waals surface area contributed by atoms with Crippen molar-refractivity contribution in [2.45, 2.75) is 56.0 Å². The zero-order chi connectivity index (χ0) is 25.3. The summed E-state index contributed by atoms with van der Waals surface area (Å²) in [6, 6.07) is 7.29. The first-order chi connectivity index (χ1) is 15.6. The van der Waals surface area contributed by atoms with Gasteiger partial charge in [-0.2, -0.15) is 13.2 Å². The van der Waals surface area contributed by atoms with Gasteiger partial charge in [-0.15, -0.1) is 0 Å². The van der Waals surface area contributed by atoms with Crippen molar-refractivity contribution in [2.24, 2.45) is 5.92 Å². The fraction of sp³-hybridized carbons (Fsp3) is 0.435. The van der Waals surface area contributed by atoms with Crippen LogP contribution in [0.4, 0.5) is 18.9 Å². The van der Waals surface area contributed by atoms with E-state index in [2.05, 4.69) is 0 Å². The number of rotatable bonds is 3. The Labute approximate surface area is 200 Å². The van der Waals surface area contributed by atoms with Crippen molar-refractivity contribution in [1.29, 1.82) is 0 Å². The van der Waals surface area contributed by atoms with Crippen LogP contribution in [0.2, 0.25) is 5.02 Å². The van der Waals surface area contributed by atoms with Gasteiger partial charge in [0, 0.05) is 10.6 Å². The van der Waals surface area contributed by atoms with Gasteiger partial charge in [0.1, 0.15) is 17.6 Å². The first-order valence-corrected chi connectivity index (χ1v) is 12.3. The highest BCUT2D eigenvalue weighted by Gasteiger charge is 2.75. The van der Waals surface area contributed by atoms with Crippen LogP contribution in [0, 0.1) is 12.8 Å². The Bertz CT molecular complexity index is 1240. The van der Waals surface area contributed by atoms with Gasteiger partial charge in [-0.05, 0) is 58.0 Å². The third-order valence-electron chi connectivity index (χ3n) is 5.85. The number of hydrogen-bond acceptors (Lipinski definition) is 5.